The van der Waals surface area contributed by atoms with Crippen LogP contribution in [0.2, 0.25) is 0 Å². The Hall–Kier alpha value is -3.28. The third-order valence-corrected chi connectivity index (χ3v) is 4.18. The minimum absolute atomic E-state index is 0.172. The van der Waals surface area contributed by atoms with Gasteiger partial charge in [-0.2, -0.15) is 10.2 Å². The molecule has 0 unspecified atom stereocenters. The molecule has 0 radical (unpaired) electrons. The fraction of sp³-hybridized carbons (Fsp3) is 0.200. The predicted octanol–water partition coefficient (Wildman–Crippen LogP) is 2.79. The first-order chi connectivity index (χ1) is 12.5. The number of nitrogens with one attached hydrogen (secondary N) is 1. The van der Waals surface area contributed by atoms with Crippen molar-refractivity contribution in [2.24, 2.45) is 12.1 Å². The third kappa shape index (κ3) is 3.39. The van der Waals surface area contributed by atoms with Gasteiger partial charge >= 0.3 is 0 Å². The van der Waals surface area contributed by atoms with Gasteiger partial charge in [0.25, 0.3) is 11.5 Å². The van der Waals surface area contributed by atoms with Crippen LogP contribution >= 0.6 is 0 Å². The van der Waals surface area contributed by atoms with E-state index in [1.807, 2.05) is 38.1 Å². The molecule has 0 bridgehead atoms. The number of carbonyl (C=O) groups is 1. The number of nitrogens with zero attached hydrogens (tertiary/aromatic N) is 3. The molecule has 2 aromatic carbocycles. The molecule has 0 spiro atoms. The van der Waals surface area contributed by atoms with E-state index in [9.17, 15) is 9.59 Å². The van der Waals surface area contributed by atoms with Gasteiger partial charge in [0.2, 0.25) is 0 Å². The molecule has 0 aliphatic heterocycles. The fourth-order valence-corrected chi connectivity index (χ4v) is 2.73. The molecule has 0 atom stereocenters. The van der Waals surface area contributed by atoms with Crippen LogP contribution in [0.25, 0.3) is 10.8 Å². The lowest BCUT2D eigenvalue weighted by atomic mass is 10.1. The van der Waals surface area contributed by atoms with E-state index in [2.05, 4.69) is 15.6 Å². The first-order valence-electron chi connectivity index (χ1n) is 8.41. The van der Waals surface area contributed by atoms with Crippen molar-refractivity contribution in [2.45, 2.75) is 20.3 Å². The number of hydrazone groups is 1. The number of fused-ring (bicyclic) bond motifs is 1. The molecule has 0 aliphatic rings. The number of amides is 1. The van der Waals surface area contributed by atoms with E-state index in [0.29, 0.717) is 17.2 Å². The van der Waals surface area contributed by atoms with Crippen LogP contribution in [0.4, 0.5) is 0 Å². The summed E-state index contributed by atoms with van der Waals surface area (Å²) in [5.74, 6) is -0.449. The number of aryl methyl sites for hydroxylation is 2. The molecule has 1 aromatic heterocycles. The highest BCUT2D eigenvalue weighted by Crippen LogP contribution is 2.13. The number of hydrogen-bond acceptors (Lipinski definition) is 4. The second kappa shape index (κ2) is 7.31. The van der Waals surface area contributed by atoms with E-state index in [0.717, 1.165) is 16.8 Å². The van der Waals surface area contributed by atoms with Gasteiger partial charge in [-0.15, -0.1) is 0 Å². The zero-order valence-corrected chi connectivity index (χ0v) is 15.0. The molecule has 26 heavy (non-hydrogen) atoms. The third-order valence-electron chi connectivity index (χ3n) is 4.18. The van der Waals surface area contributed by atoms with Crippen LogP contribution in [0.1, 0.15) is 35.0 Å². The molecule has 6 heteroatoms. The summed E-state index contributed by atoms with van der Waals surface area (Å²) in [7, 11) is 1.53. The Morgan fingerprint density at radius 1 is 1.12 bits per heavy atom. The Labute approximate surface area is 151 Å². The molecule has 0 saturated heterocycles. The molecule has 132 valence electrons. The zero-order chi connectivity index (χ0) is 18.7. The molecule has 0 aliphatic carbocycles. The van der Waals surface area contributed by atoms with Crippen molar-refractivity contribution < 1.29 is 4.79 Å². The molecular formula is C20H20N4O2. The van der Waals surface area contributed by atoms with Gasteiger partial charge in [-0.05, 0) is 25.0 Å². The van der Waals surface area contributed by atoms with E-state index in [-0.39, 0.29) is 11.3 Å². The quantitative estimate of drug-likeness (QED) is 0.582. The Balaban J connectivity index is 1.95. The Morgan fingerprint density at radius 3 is 2.42 bits per heavy atom. The molecule has 6 nitrogen and oxygen atoms in total. The summed E-state index contributed by atoms with van der Waals surface area (Å²) in [6, 6.07) is 14.9. The van der Waals surface area contributed by atoms with Crippen molar-refractivity contribution in [1.29, 1.82) is 0 Å². The van der Waals surface area contributed by atoms with E-state index in [4.69, 9.17) is 0 Å². The van der Waals surface area contributed by atoms with Crippen molar-refractivity contribution >= 4 is 22.4 Å². The zero-order valence-electron chi connectivity index (χ0n) is 15.0. The maximum atomic E-state index is 12.6. The highest BCUT2D eigenvalue weighted by Gasteiger charge is 2.15. The summed E-state index contributed by atoms with van der Waals surface area (Å²) in [4.78, 5) is 24.8. The molecule has 3 aromatic rings. The maximum Gasteiger partial charge on any atom is 0.292 e. The van der Waals surface area contributed by atoms with E-state index in [1.165, 1.54) is 11.7 Å². The second-order valence-corrected chi connectivity index (χ2v) is 6.04. The van der Waals surface area contributed by atoms with Gasteiger partial charge in [-0.25, -0.2) is 10.1 Å². The van der Waals surface area contributed by atoms with E-state index in [1.54, 1.807) is 24.3 Å². The van der Waals surface area contributed by atoms with Gasteiger partial charge in [-0.3, -0.25) is 9.59 Å². The van der Waals surface area contributed by atoms with Crippen LogP contribution in [0, 0.1) is 6.92 Å². The van der Waals surface area contributed by atoms with Crippen LogP contribution in [-0.4, -0.2) is 21.4 Å². The number of rotatable bonds is 4. The van der Waals surface area contributed by atoms with Crippen LogP contribution in [0.5, 0.6) is 0 Å². The van der Waals surface area contributed by atoms with Gasteiger partial charge in [0.05, 0.1) is 11.1 Å². The van der Waals surface area contributed by atoms with Gasteiger partial charge in [0.15, 0.2) is 5.69 Å². The Bertz CT molecular complexity index is 1050. The minimum Gasteiger partial charge on any atom is -0.267 e. The number of aromatic nitrogens is 2. The second-order valence-electron chi connectivity index (χ2n) is 6.04. The summed E-state index contributed by atoms with van der Waals surface area (Å²) >= 11 is 0. The van der Waals surface area contributed by atoms with Gasteiger partial charge in [-0.1, -0.05) is 55.0 Å². The SMILES string of the molecule is CC/C(=N/NC(=O)c1nn(C)c(=O)c2ccccc12)c1ccc(C)cc1. The van der Waals surface area contributed by atoms with Gasteiger partial charge in [0, 0.05) is 12.4 Å². The Morgan fingerprint density at radius 2 is 1.77 bits per heavy atom. The summed E-state index contributed by atoms with van der Waals surface area (Å²) in [5.41, 5.74) is 5.39. The lowest BCUT2D eigenvalue weighted by Crippen LogP contribution is -2.27. The van der Waals surface area contributed by atoms with Crippen molar-refractivity contribution in [2.75, 3.05) is 0 Å². The van der Waals surface area contributed by atoms with Gasteiger partial charge in [0.1, 0.15) is 0 Å². The molecule has 0 fully saturated rings. The van der Waals surface area contributed by atoms with Crippen LogP contribution in [-0.2, 0) is 7.05 Å². The number of carbonyl (C=O) groups excluding carboxylic acids is 1. The lowest BCUT2D eigenvalue weighted by molar-refractivity contribution is 0.0949. The highest BCUT2D eigenvalue weighted by molar-refractivity contribution is 6.06. The van der Waals surface area contributed by atoms with Crippen molar-refractivity contribution in [3.63, 3.8) is 0 Å². The molecule has 1 N–H and O–H groups in total. The van der Waals surface area contributed by atoms with Crippen molar-refractivity contribution in [3.05, 3.63) is 75.7 Å². The van der Waals surface area contributed by atoms with Crippen molar-refractivity contribution in [3.8, 4) is 0 Å². The standard InChI is InChI=1S/C20H20N4O2/c1-4-17(14-11-9-13(2)10-12-14)21-22-19(25)18-15-7-5-6-8-16(15)20(26)24(3)23-18/h5-12H,4H2,1-3H3,(H,22,25)/b21-17-. The Kier molecular flexibility index (Phi) is 4.93. The van der Waals surface area contributed by atoms with Crippen molar-refractivity contribution in [1.82, 2.24) is 15.2 Å². The summed E-state index contributed by atoms with van der Waals surface area (Å²) in [6.45, 7) is 4.00. The monoisotopic (exact) mass is 348 g/mol. The fourth-order valence-electron chi connectivity index (χ4n) is 2.73. The highest BCUT2D eigenvalue weighted by atomic mass is 16.2. The summed E-state index contributed by atoms with van der Waals surface area (Å²) < 4.78 is 1.17. The largest absolute Gasteiger partial charge is 0.292 e. The lowest BCUT2D eigenvalue weighted by Gasteiger charge is -2.08. The molecular weight excluding hydrogens is 328 g/mol. The average molecular weight is 348 g/mol. The van der Waals surface area contributed by atoms with Crippen LogP contribution in [0.15, 0.2) is 58.4 Å². The smallest absolute Gasteiger partial charge is 0.267 e. The normalized spacial score (nSPS) is 11.6. The van der Waals surface area contributed by atoms with Crippen LogP contribution < -0.4 is 11.0 Å². The van der Waals surface area contributed by atoms with Gasteiger partial charge < -0.3 is 0 Å². The number of benzene rings is 2. The average Bonchev–Trinajstić information content (AvgIpc) is 2.66. The molecule has 1 amide bonds. The molecule has 0 saturated carbocycles. The first-order valence-corrected chi connectivity index (χ1v) is 8.41. The van der Waals surface area contributed by atoms with E-state index < -0.39 is 5.91 Å². The first kappa shape index (κ1) is 17.5. The molecule has 3 rings (SSSR count). The minimum atomic E-state index is -0.449. The number of hydrogen-bond donors (Lipinski definition) is 1. The predicted molar refractivity (Wildman–Crippen MR) is 102 cm³/mol. The summed E-state index contributed by atoms with van der Waals surface area (Å²) in [6.07, 6.45) is 0.671. The van der Waals surface area contributed by atoms with E-state index >= 15 is 0 Å². The van der Waals surface area contributed by atoms with Crippen LogP contribution in [0.3, 0.4) is 0 Å². The molecule has 1 heterocycles. The topological polar surface area (TPSA) is 76.3 Å². The summed E-state index contributed by atoms with van der Waals surface area (Å²) in [5, 5.41) is 9.34. The maximum absolute atomic E-state index is 12.6.